The van der Waals surface area contributed by atoms with E-state index in [2.05, 4.69) is 9.97 Å². The summed E-state index contributed by atoms with van der Waals surface area (Å²) < 4.78 is 38.6. The molecule has 0 spiro atoms. The highest BCUT2D eigenvalue weighted by Crippen LogP contribution is 2.21. The fourth-order valence-corrected chi connectivity index (χ4v) is 1.40. The minimum atomic E-state index is -1.49. The highest BCUT2D eigenvalue weighted by molar-refractivity contribution is 6.16. The molecule has 0 bridgehead atoms. The number of benzene rings is 1. The van der Waals surface area contributed by atoms with Crippen LogP contribution in [0.5, 0.6) is 0 Å². The van der Waals surface area contributed by atoms with Crippen molar-refractivity contribution in [1.29, 1.82) is 0 Å². The normalized spacial score (nSPS) is 10.8. The van der Waals surface area contributed by atoms with Crippen LogP contribution >= 0.6 is 11.6 Å². The molecule has 0 atom stereocenters. The Morgan fingerprint density at radius 1 is 1.19 bits per heavy atom. The summed E-state index contributed by atoms with van der Waals surface area (Å²) in [5, 5.41) is 0. The Balaban J connectivity index is 2.48. The maximum atomic E-state index is 12.9. The third-order valence-corrected chi connectivity index (χ3v) is 2.32. The molecule has 2 rings (SSSR count). The molecule has 0 amide bonds. The first-order chi connectivity index (χ1) is 7.61. The number of imidazole rings is 1. The van der Waals surface area contributed by atoms with Gasteiger partial charge in [-0.05, 0) is 12.1 Å². The lowest BCUT2D eigenvalue weighted by Crippen LogP contribution is -1.92. The average molecular weight is 247 g/mol. The van der Waals surface area contributed by atoms with Gasteiger partial charge in [-0.25, -0.2) is 18.2 Å². The zero-order valence-corrected chi connectivity index (χ0v) is 8.65. The van der Waals surface area contributed by atoms with Crippen LogP contribution in [0.25, 0.3) is 11.4 Å². The van der Waals surface area contributed by atoms with Crippen molar-refractivity contribution in [2.24, 2.45) is 0 Å². The molecule has 16 heavy (non-hydrogen) atoms. The zero-order chi connectivity index (χ0) is 11.7. The standard InChI is InChI=1S/C10H6ClF3N2/c11-3-6-4-15-10(16-6)5-1-7(12)9(14)8(13)2-5/h1-2,4H,3H2,(H,15,16). The molecule has 2 nitrogen and oxygen atoms in total. The Morgan fingerprint density at radius 3 is 2.31 bits per heavy atom. The van der Waals surface area contributed by atoms with Crippen LogP contribution in [0.15, 0.2) is 18.3 Å². The molecule has 1 N–H and O–H groups in total. The van der Waals surface area contributed by atoms with Crippen LogP contribution in [-0.4, -0.2) is 9.97 Å². The molecule has 84 valence electrons. The molecule has 1 heterocycles. The van der Waals surface area contributed by atoms with Gasteiger partial charge in [-0.15, -0.1) is 11.6 Å². The first kappa shape index (κ1) is 11.0. The van der Waals surface area contributed by atoms with Gasteiger partial charge in [0.2, 0.25) is 0 Å². The van der Waals surface area contributed by atoms with E-state index in [1.807, 2.05) is 0 Å². The number of halogens is 4. The van der Waals surface area contributed by atoms with E-state index in [4.69, 9.17) is 11.6 Å². The van der Waals surface area contributed by atoms with Gasteiger partial charge in [0.1, 0.15) is 5.82 Å². The molecule has 1 aromatic heterocycles. The van der Waals surface area contributed by atoms with E-state index in [9.17, 15) is 13.2 Å². The van der Waals surface area contributed by atoms with E-state index in [0.29, 0.717) is 5.69 Å². The third kappa shape index (κ3) is 1.90. The molecule has 0 unspecified atom stereocenters. The number of nitrogens with one attached hydrogen (secondary N) is 1. The monoisotopic (exact) mass is 246 g/mol. The SMILES string of the molecule is Fc1cc(-c2ncc(CCl)[nH]2)cc(F)c1F. The summed E-state index contributed by atoms with van der Waals surface area (Å²) >= 11 is 5.54. The minimum absolute atomic E-state index is 0.132. The van der Waals surface area contributed by atoms with Crippen molar-refractivity contribution in [3.8, 4) is 11.4 Å². The number of hydrogen-bond acceptors (Lipinski definition) is 1. The quantitative estimate of drug-likeness (QED) is 0.640. The number of alkyl halides is 1. The van der Waals surface area contributed by atoms with Gasteiger partial charge in [0.15, 0.2) is 17.5 Å². The number of rotatable bonds is 2. The van der Waals surface area contributed by atoms with E-state index in [1.54, 1.807) is 0 Å². The number of aromatic amines is 1. The van der Waals surface area contributed by atoms with Gasteiger partial charge in [0.05, 0.1) is 5.88 Å². The first-order valence-corrected chi connectivity index (χ1v) is 4.90. The van der Waals surface area contributed by atoms with Gasteiger partial charge >= 0.3 is 0 Å². The van der Waals surface area contributed by atoms with Crippen LogP contribution in [0, 0.1) is 17.5 Å². The van der Waals surface area contributed by atoms with E-state index in [-0.39, 0.29) is 17.3 Å². The average Bonchev–Trinajstić information content (AvgIpc) is 2.73. The Morgan fingerprint density at radius 2 is 1.81 bits per heavy atom. The summed E-state index contributed by atoms with van der Waals surface area (Å²) in [4.78, 5) is 6.63. The van der Waals surface area contributed by atoms with E-state index in [1.165, 1.54) is 6.20 Å². The highest BCUT2D eigenvalue weighted by atomic mass is 35.5. The third-order valence-electron chi connectivity index (χ3n) is 2.03. The number of nitrogens with zero attached hydrogens (tertiary/aromatic N) is 1. The van der Waals surface area contributed by atoms with Crippen molar-refractivity contribution in [3.05, 3.63) is 41.5 Å². The van der Waals surface area contributed by atoms with Crippen LogP contribution in [0.4, 0.5) is 13.2 Å². The van der Waals surface area contributed by atoms with Crippen molar-refractivity contribution in [2.45, 2.75) is 5.88 Å². The van der Waals surface area contributed by atoms with Crippen molar-refractivity contribution < 1.29 is 13.2 Å². The Kier molecular flexibility index (Phi) is 2.87. The van der Waals surface area contributed by atoms with E-state index >= 15 is 0 Å². The lowest BCUT2D eigenvalue weighted by atomic mass is 10.2. The molecule has 0 aliphatic heterocycles. The second-order valence-corrected chi connectivity index (χ2v) is 3.41. The maximum absolute atomic E-state index is 12.9. The fourth-order valence-electron chi connectivity index (χ4n) is 1.27. The van der Waals surface area contributed by atoms with Gasteiger partial charge in [0.25, 0.3) is 0 Å². The number of aromatic nitrogens is 2. The molecule has 6 heteroatoms. The molecular formula is C10H6ClF3N2. The largest absolute Gasteiger partial charge is 0.341 e. The fraction of sp³-hybridized carbons (Fsp3) is 0.100. The van der Waals surface area contributed by atoms with E-state index < -0.39 is 17.5 Å². The summed E-state index contributed by atoms with van der Waals surface area (Å²) in [6, 6.07) is 1.74. The van der Waals surface area contributed by atoms with Crippen molar-refractivity contribution in [2.75, 3.05) is 0 Å². The topological polar surface area (TPSA) is 28.7 Å². The molecule has 0 fully saturated rings. The Bertz CT molecular complexity index is 502. The smallest absolute Gasteiger partial charge is 0.194 e. The minimum Gasteiger partial charge on any atom is -0.341 e. The predicted molar refractivity (Wildman–Crippen MR) is 53.5 cm³/mol. The molecule has 1 aromatic carbocycles. The van der Waals surface area contributed by atoms with Gasteiger partial charge < -0.3 is 4.98 Å². The summed E-state index contributed by atoms with van der Waals surface area (Å²) in [5.41, 5.74) is 0.745. The Labute approximate surface area is 94.1 Å². The van der Waals surface area contributed by atoms with Crippen LogP contribution in [0.2, 0.25) is 0 Å². The summed E-state index contributed by atoms with van der Waals surface area (Å²) in [7, 11) is 0. The van der Waals surface area contributed by atoms with Gasteiger partial charge in [-0.1, -0.05) is 0 Å². The predicted octanol–water partition coefficient (Wildman–Crippen LogP) is 3.23. The van der Waals surface area contributed by atoms with Crippen LogP contribution in [0.1, 0.15) is 5.69 Å². The molecule has 0 radical (unpaired) electrons. The van der Waals surface area contributed by atoms with Gasteiger partial charge in [-0.2, -0.15) is 0 Å². The molecular weight excluding hydrogens is 241 g/mol. The zero-order valence-electron chi connectivity index (χ0n) is 7.90. The van der Waals surface area contributed by atoms with Crippen molar-refractivity contribution in [3.63, 3.8) is 0 Å². The summed E-state index contributed by atoms with van der Waals surface area (Å²) in [6.07, 6.45) is 1.45. The van der Waals surface area contributed by atoms with Gasteiger partial charge in [-0.3, -0.25) is 0 Å². The maximum Gasteiger partial charge on any atom is 0.194 e. The lowest BCUT2D eigenvalue weighted by molar-refractivity contribution is 0.447. The Hall–Kier alpha value is -1.49. The van der Waals surface area contributed by atoms with Crippen LogP contribution in [-0.2, 0) is 5.88 Å². The molecule has 2 aromatic rings. The first-order valence-electron chi connectivity index (χ1n) is 4.36. The summed E-state index contributed by atoms with van der Waals surface area (Å²) in [5.74, 6) is -3.54. The van der Waals surface area contributed by atoms with Crippen LogP contribution in [0.3, 0.4) is 0 Å². The lowest BCUT2D eigenvalue weighted by Gasteiger charge is -1.99. The number of H-pyrrole nitrogens is 1. The highest BCUT2D eigenvalue weighted by Gasteiger charge is 2.13. The molecule has 0 aliphatic rings. The number of hydrogen-bond donors (Lipinski definition) is 1. The molecule has 0 aliphatic carbocycles. The van der Waals surface area contributed by atoms with Crippen molar-refractivity contribution >= 4 is 11.6 Å². The van der Waals surface area contributed by atoms with Gasteiger partial charge in [0, 0.05) is 17.5 Å². The molecule has 0 saturated carbocycles. The van der Waals surface area contributed by atoms with E-state index in [0.717, 1.165) is 12.1 Å². The summed E-state index contributed by atoms with van der Waals surface area (Å²) in [6.45, 7) is 0. The second-order valence-electron chi connectivity index (χ2n) is 3.14. The van der Waals surface area contributed by atoms with Crippen LogP contribution < -0.4 is 0 Å². The molecule has 0 saturated heterocycles. The second kappa shape index (κ2) is 4.17. The van der Waals surface area contributed by atoms with Crippen molar-refractivity contribution in [1.82, 2.24) is 9.97 Å².